The normalized spacial score (nSPS) is 10.9. The Bertz CT molecular complexity index is 1260. The molecule has 2 heterocycles. The first-order valence-electron chi connectivity index (χ1n) is 9.88. The van der Waals surface area contributed by atoms with Crippen LogP contribution in [0.5, 0.6) is 5.75 Å². The standard InChI is InChI=1S/C24H21FN2O4/c1-2-31-21-6-7-22-18(12-21)10-19(23(28)26-22)14-27(13-16-8-9-30-15-16)24(29)17-4-3-5-20(25)11-17/h3-12,15H,2,13-14H2,1H3,(H,26,28). The molecule has 0 aliphatic carbocycles. The van der Waals surface area contributed by atoms with Crippen LogP contribution in [0.15, 0.2) is 76.3 Å². The highest BCUT2D eigenvalue weighted by atomic mass is 19.1. The maximum Gasteiger partial charge on any atom is 0.254 e. The van der Waals surface area contributed by atoms with Gasteiger partial charge in [0.15, 0.2) is 0 Å². The van der Waals surface area contributed by atoms with Crippen LogP contribution in [0.3, 0.4) is 0 Å². The van der Waals surface area contributed by atoms with Gasteiger partial charge in [-0.15, -0.1) is 0 Å². The van der Waals surface area contributed by atoms with Crippen molar-refractivity contribution in [3.8, 4) is 5.75 Å². The summed E-state index contributed by atoms with van der Waals surface area (Å²) in [7, 11) is 0. The first-order valence-corrected chi connectivity index (χ1v) is 9.88. The van der Waals surface area contributed by atoms with E-state index in [2.05, 4.69) is 4.98 Å². The Morgan fingerprint density at radius 3 is 2.74 bits per heavy atom. The molecule has 4 aromatic rings. The van der Waals surface area contributed by atoms with Gasteiger partial charge < -0.3 is 19.0 Å². The minimum atomic E-state index is -0.499. The van der Waals surface area contributed by atoms with Gasteiger partial charge in [-0.05, 0) is 55.5 Å². The summed E-state index contributed by atoms with van der Waals surface area (Å²) in [5, 5.41) is 0.794. The molecule has 0 saturated carbocycles. The van der Waals surface area contributed by atoms with Crippen molar-refractivity contribution in [1.82, 2.24) is 9.88 Å². The van der Waals surface area contributed by atoms with E-state index in [1.54, 1.807) is 30.3 Å². The fraction of sp³-hybridized carbons (Fsp3) is 0.167. The third-order valence-electron chi connectivity index (χ3n) is 4.88. The number of carbonyl (C=O) groups is 1. The molecule has 0 saturated heterocycles. The Balaban J connectivity index is 1.70. The van der Waals surface area contributed by atoms with Crippen LogP contribution in [-0.2, 0) is 13.1 Å². The van der Waals surface area contributed by atoms with Crippen LogP contribution in [0, 0.1) is 5.82 Å². The number of nitrogens with zero attached hydrogens (tertiary/aromatic N) is 1. The number of amides is 1. The lowest BCUT2D eigenvalue weighted by atomic mass is 10.1. The number of nitrogens with one attached hydrogen (secondary N) is 1. The molecule has 0 atom stereocenters. The molecule has 0 aliphatic heterocycles. The van der Waals surface area contributed by atoms with Crippen LogP contribution >= 0.6 is 0 Å². The van der Waals surface area contributed by atoms with Crippen LogP contribution in [0.4, 0.5) is 4.39 Å². The number of rotatable bonds is 7. The number of halogens is 1. The number of ether oxygens (including phenoxy) is 1. The van der Waals surface area contributed by atoms with Crippen LogP contribution in [0.1, 0.15) is 28.4 Å². The molecule has 6 nitrogen and oxygen atoms in total. The Hall–Kier alpha value is -3.87. The van der Waals surface area contributed by atoms with Crippen LogP contribution < -0.4 is 10.3 Å². The Labute approximate surface area is 177 Å². The van der Waals surface area contributed by atoms with E-state index in [9.17, 15) is 14.0 Å². The van der Waals surface area contributed by atoms with Crippen molar-refractivity contribution in [2.75, 3.05) is 6.61 Å². The molecule has 4 rings (SSSR count). The summed E-state index contributed by atoms with van der Waals surface area (Å²) < 4.78 is 24.3. The van der Waals surface area contributed by atoms with Gasteiger partial charge in [0.1, 0.15) is 11.6 Å². The molecule has 0 unspecified atom stereocenters. The molecule has 0 aliphatic rings. The molecule has 7 heteroatoms. The zero-order chi connectivity index (χ0) is 21.8. The Kier molecular flexibility index (Phi) is 5.84. The molecule has 158 valence electrons. The molecule has 0 fully saturated rings. The number of pyridine rings is 1. The lowest BCUT2D eigenvalue weighted by molar-refractivity contribution is 0.0728. The maximum absolute atomic E-state index is 13.7. The van der Waals surface area contributed by atoms with Gasteiger partial charge in [0, 0.05) is 34.1 Å². The number of benzene rings is 2. The minimum absolute atomic E-state index is 0.0463. The zero-order valence-electron chi connectivity index (χ0n) is 16.9. The smallest absolute Gasteiger partial charge is 0.254 e. The van der Waals surface area contributed by atoms with Gasteiger partial charge in [-0.3, -0.25) is 9.59 Å². The monoisotopic (exact) mass is 420 g/mol. The van der Waals surface area contributed by atoms with E-state index in [1.807, 2.05) is 13.0 Å². The number of carbonyl (C=O) groups excluding carboxylic acids is 1. The number of hydrogen-bond acceptors (Lipinski definition) is 4. The lowest BCUT2D eigenvalue weighted by Crippen LogP contribution is -2.32. The van der Waals surface area contributed by atoms with Gasteiger partial charge in [0.05, 0.1) is 25.7 Å². The van der Waals surface area contributed by atoms with E-state index in [-0.39, 0.29) is 30.1 Å². The topological polar surface area (TPSA) is 75.5 Å². The summed E-state index contributed by atoms with van der Waals surface area (Å²) in [5.74, 6) is -0.191. The molecule has 2 aromatic heterocycles. The largest absolute Gasteiger partial charge is 0.494 e. The average Bonchev–Trinajstić information content (AvgIpc) is 3.27. The van der Waals surface area contributed by atoms with Crippen molar-refractivity contribution >= 4 is 16.8 Å². The zero-order valence-corrected chi connectivity index (χ0v) is 16.9. The predicted octanol–water partition coefficient (Wildman–Crippen LogP) is 4.50. The van der Waals surface area contributed by atoms with Gasteiger partial charge in [-0.2, -0.15) is 0 Å². The number of aromatic amines is 1. The van der Waals surface area contributed by atoms with Crippen LogP contribution in [0.2, 0.25) is 0 Å². The van der Waals surface area contributed by atoms with Crippen LogP contribution in [0.25, 0.3) is 10.9 Å². The summed E-state index contributed by atoms with van der Waals surface area (Å²) in [5.41, 5.74) is 1.77. The minimum Gasteiger partial charge on any atom is -0.494 e. The number of fused-ring (bicyclic) bond motifs is 1. The van der Waals surface area contributed by atoms with E-state index in [0.717, 1.165) is 10.9 Å². The first-order chi connectivity index (χ1) is 15.0. The molecule has 2 aromatic carbocycles. The predicted molar refractivity (Wildman–Crippen MR) is 114 cm³/mol. The van der Waals surface area contributed by atoms with Crippen LogP contribution in [-0.4, -0.2) is 22.4 Å². The molecule has 0 spiro atoms. The van der Waals surface area contributed by atoms with E-state index in [4.69, 9.17) is 9.15 Å². The molecular weight excluding hydrogens is 399 g/mol. The highest BCUT2D eigenvalue weighted by Crippen LogP contribution is 2.21. The first kappa shape index (κ1) is 20.4. The quantitative estimate of drug-likeness (QED) is 0.478. The van der Waals surface area contributed by atoms with Crippen molar-refractivity contribution in [1.29, 1.82) is 0 Å². The van der Waals surface area contributed by atoms with Gasteiger partial charge in [-0.25, -0.2) is 4.39 Å². The van der Waals surface area contributed by atoms with Gasteiger partial charge in [0.2, 0.25) is 0 Å². The average molecular weight is 420 g/mol. The summed E-state index contributed by atoms with van der Waals surface area (Å²) in [6.07, 6.45) is 3.04. The summed E-state index contributed by atoms with van der Waals surface area (Å²) in [6, 6.07) is 14.4. The third kappa shape index (κ3) is 4.66. The highest BCUT2D eigenvalue weighted by molar-refractivity contribution is 5.94. The number of hydrogen-bond donors (Lipinski definition) is 1. The molecule has 1 amide bonds. The molecular formula is C24H21FN2O4. The summed E-state index contributed by atoms with van der Waals surface area (Å²) >= 11 is 0. The van der Waals surface area contributed by atoms with E-state index in [1.165, 1.54) is 35.6 Å². The summed E-state index contributed by atoms with van der Waals surface area (Å²) in [4.78, 5) is 30.2. The van der Waals surface area contributed by atoms with Gasteiger partial charge in [-0.1, -0.05) is 6.07 Å². The Morgan fingerprint density at radius 2 is 2.00 bits per heavy atom. The summed E-state index contributed by atoms with van der Waals surface area (Å²) in [6.45, 7) is 2.68. The fourth-order valence-corrected chi connectivity index (χ4v) is 3.42. The van der Waals surface area contributed by atoms with Gasteiger partial charge in [0.25, 0.3) is 11.5 Å². The molecule has 31 heavy (non-hydrogen) atoms. The Morgan fingerprint density at radius 1 is 1.13 bits per heavy atom. The van der Waals surface area contributed by atoms with E-state index in [0.29, 0.717) is 23.4 Å². The second-order valence-electron chi connectivity index (χ2n) is 7.11. The van der Waals surface area contributed by atoms with Crippen molar-refractivity contribution in [2.24, 2.45) is 0 Å². The number of H-pyrrole nitrogens is 1. The number of aromatic nitrogens is 1. The third-order valence-corrected chi connectivity index (χ3v) is 4.88. The van der Waals surface area contributed by atoms with E-state index >= 15 is 0 Å². The van der Waals surface area contributed by atoms with E-state index < -0.39 is 5.82 Å². The second-order valence-corrected chi connectivity index (χ2v) is 7.11. The SMILES string of the molecule is CCOc1ccc2[nH]c(=O)c(CN(Cc3ccoc3)C(=O)c3cccc(F)c3)cc2c1. The highest BCUT2D eigenvalue weighted by Gasteiger charge is 2.19. The molecule has 1 N–H and O–H groups in total. The van der Waals surface area contributed by atoms with Crippen molar-refractivity contribution < 1.29 is 18.3 Å². The lowest BCUT2D eigenvalue weighted by Gasteiger charge is -2.22. The maximum atomic E-state index is 13.7. The number of furan rings is 1. The molecule has 0 radical (unpaired) electrons. The van der Waals surface area contributed by atoms with Crippen molar-refractivity contribution in [3.05, 3.63) is 100.0 Å². The van der Waals surface area contributed by atoms with Crippen molar-refractivity contribution in [3.63, 3.8) is 0 Å². The van der Waals surface area contributed by atoms with Crippen molar-refractivity contribution in [2.45, 2.75) is 20.0 Å². The molecule has 0 bridgehead atoms. The fourth-order valence-electron chi connectivity index (χ4n) is 3.42. The van der Waals surface area contributed by atoms with Gasteiger partial charge >= 0.3 is 0 Å². The second kappa shape index (κ2) is 8.87.